The third-order valence-corrected chi connectivity index (χ3v) is 2.42. The van der Waals surface area contributed by atoms with Gasteiger partial charge in [-0.15, -0.1) is 0 Å². The summed E-state index contributed by atoms with van der Waals surface area (Å²) in [5, 5.41) is 8.94. The summed E-state index contributed by atoms with van der Waals surface area (Å²) in [5.74, 6) is 0.770. The Morgan fingerprint density at radius 2 is 2.06 bits per heavy atom. The maximum atomic E-state index is 11.7. The second-order valence-corrected chi connectivity index (χ2v) is 4.58. The molecule has 0 aliphatic heterocycles. The third kappa shape index (κ3) is 4.03. The number of carbonyl (C=O) groups excluding carboxylic acids is 1. The molecule has 0 saturated carbocycles. The standard InChI is InChI=1S/C11H18ClN5O/c1-6(2)15-10(18)7(3)16-9-8(12)5-14-11(13-4)17-9/h5-7H,1-4H3,(H,15,18)(H2,13,14,16,17). The van der Waals surface area contributed by atoms with Gasteiger partial charge in [-0.2, -0.15) is 4.98 Å². The fourth-order valence-electron chi connectivity index (χ4n) is 1.27. The van der Waals surface area contributed by atoms with Crippen molar-refractivity contribution in [3.63, 3.8) is 0 Å². The maximum absolute atomic E-state index is 11.7. The molecule has 1 amide bonds. The Kier molecular flexibility index (Phi) is 5.15. The fourth-order valence-corrected chi connectivity index (χ4v) is 1.41. The normalized spacial score (nSPS) is 12.1. The average molecular weight is 272 g/mol. The molecule has 0 aliphatic rings. The SMILES string of the molecule is CNc1ncc(Cl)c(NC(C)C(=O)NC(C)C)n1. The van der Waals surface area contributed by atoms with Gasteiger partial charge in [0.25, 0.3) is 0 Å². The Hall–Kier alpha value is -1.56. The molecule has 1 heterocycles. The first-order valence-electron chi connectivity index (χ1n) is 5.71. The minimum atomic E-state index is -0.426. The van der Waals surface area contributed by atoms with Gasteiger partial charge in [-0.1, -0.05) is 11.6 Å². The van der Waals surface area contributed by atoms with Crippen molar-refractivity contribution in [2.45, 2.75) is 32.9 Å². The van der Waals surface area contributed by atoms with Gasteiger partial charge in [0.1, 0.15) is 11.1 Å². The van der Waals surface area contributed by atoms with Crippen molar-refractivity contribution in [3.05, 3.63) is 11.2 Å². The van der Waals surface area contributed by atoms with Crippen LogP contribution in [0.3, 0.4) is 0 Å². The molecule has 1 unspecified atom stereocenters. The highest BCUT2D eigenvalue weighted by Crippen LogP contribution is 2.19. The van der Waals surface area contributed by atoms with Crippen LogP contribution in [0, 0.1) is 0 Å². The van der Waals surface area contributed by atoms with Gasteiger partial charge in [-0.3, -0.25) is 4.79 Å². The molecule has 6 nitrogen and oxygen atoms in total. The second kappa shape index (κ2) is 6.39. The van der Waals surface area contributed by atoms with Crippen LogP contribution in [0.2, 0.25) is 5.02 Å². The summed E-state index contributed by atoms with van der Waals surface area (Å²) < 4.78 is 0. The van der Waals surface area contributed by atoms with Gasteiger partial charge in [0, 0.05) is 13.1 Å². The first-order chi connectivity index (χ1) is 8.43. The summed E-state index contributed by atoms with van der Waals surface area (Å²) in [6.45, 7) is 5.55. The fraction of sp³-hybridized carbons (Fsp3) is 0.545. The van der Waals surface area contributed by atoms with E-state index in [-0.39, 0.29) is 11.9 Å². The number of halogens is 1. The van der Waals surface area contributed by atoms with Crippen LogP contribution in [0.4, 0.5) is 11.8 Å². The summed E-state index contributed by atoms with van der Waals surface area (Å²) in [5.41, 5.74) is 0. The lowest BCUT2D eigenvalue weighted by Gasteiger charge is -2.17. The Morgan fingerprint density at radius 1 is 1.39 bits per heavy atom. The number of anilines is 2. The predicted molar refractivity (Wildman–Crippen MR) is 73.0 cm³/mol. The monoisotopic (exact) mass is 271 g/mol. The first-order valence-corrected chi connectivity index (χ1v) is 6.09. The Morgan fingerprint density at radius 3 is 2.61 bits per heavy atom. The number of aromatic nitrogens is 2. The van der Waals surface area contributed by atoms with E-state index >= 15 is 0 Å². The lowest BCUT2D eigenvalue weighted by atomic mass is 10.3. The van der Waals surface area contributed by atoms with E-state index in [2.05, 4.69) is 25.9 Å². The Balaban J connectivity index is 2.74. The topological polar surface area (TPSA) is 78.9 Å². The quantitative estimate of drug-likeness (QED) is 0.756. The summed E-state index contributed by atoms with van der Waals surface area (Å²) in [6, 6.07) is -0.333. The smallest absolute Gasteiger partial charge is 0.242 e. The van der Waals surface area contributed by atoms with E-state index in [1.165, 1.54) is 6.20 Å². The van der Waals surface area contributed by atoms with E-state index < -0.39 is 6.04 Å². The van der Waals surface area contributed by atoms with Crippen LogP contribution in [0.1, 0.15) is 20.8 Å². The molecule has 100 valence electrons. The molecule has 0 bridgehead atoms. The number of rotatable bonds is 5. The molecule has 0 fully saturated rings. The average Bonchev–Trinajstić information content (AvgIpc) is 2.31. The van der Waals surface area contributed by atoms with Gasteiger partial charge in [-0.25, -0.2) is 4.98 Å². The molecule has 18 heavy (non-hydrogen) atoms. The Bertz CT molecular complexity index is 424. The van der Waals surface area contributed by atoms with Crippen molar-refractivity contribution < 1.29 is 4.79 Å². The summed E-state index contributed by atoms with van der Waals surface area (Å²) in [6.07, 6.45) is 1.48. The lowest BCUT2D eigenvalue weighted by molar-refractivity contribution is -0.122. The van der Waals surface area contributed by atoms with Crippen LogP contribution in [0.15, 0.2) is 6.20 Å². The van der Waals surface area contributed by atoms with Gasteiger partial charge in [0.15, 0.2) is 5.82 Å². The largest absolute Gasteiger partial charge is 0.357 e. The minimum absolute atomic E-state index is 0.0930. The molecular weight excluding hydrogens is 254 g/mol. The van der Waals surface area contributed by atoms with Gasteiger partial charge in [0.2, 0.25) is 11.9 Å². The zero-order chi connectivity index (χ0) is 13.7. The van der Waals surface area contributed by atoms with Gasteiger partial charge >= 0.3 is 0 Å². The number of carbonyl (C=O) groups is 1. The zero-order valence-corrected chi connectivity index (χ0v) is 11.7. The van der Waals surface area contributed by atoms with Crippen molar-refractivity contribution in [1.29, 1.82) is 0 Å². The van der Waals surface area contributed by atoms with Gasteiger partial charge < -0.3 is 16.0 Å². The molecule has 1 rings (SSSR count). The highest BCUT2D eigenvalue weighted by Gasteiger charge is 2.15. The van der Waals surface area contributed by atoms with Crippen molar-refractivity contribution >= 4 is 29.3 Å². The second-order valence-electron chi connectivity index (χ2n) is 4.17. The van der Waals surface area contributed by atoms with E-state index in [0.29, 0.717) is 16.8 Å². The van der Waals surface area contributed by atoms with Crippen molar-refractivity contribution in [1.82, 2.24) is 15.3 Å². The minimum Gasteiger partial charge on any atom is -0.357 e. The Labute approximate surface area is 112 Å². The molecular formula is C11H18ClN5O. The molecule has 7 heteroatoms. The predicted octanol–water partition coefficient (Wildman–Crippen LogP) is 1.50. The molecule has 1 aromatic rings. The maximum Gasteiger partial charge on any atom is 0.242 e. The van der Waals surface area contributed by atoms with Crippen LogP contribution in [-0.4, -0.2) is 35.0 Å². The summed E-state index contributed by atoms with van der Waals surface area (Å²) in [7, 11) is 1.71. The zero-order valence-electron chi connectivity index (χ0n) is 10.9. The molecule has 1 atom stereocenters. The number of hydrogen-bond acceptors (Lipinski definition) is 5. The van der Waals surface area contributed by atoms with Crippen LogP contribution < -0.4 is 16.0 Å². The van der Waals surface area contributed by atoms with E-state index in [0.717, 1.165) is 0 Å². The van der Waals surface area contributed by atoms with Crippen LogP contribution in [0.5, 0.6) is 0 Å². The lowest BCUT2D eigenvalue weighted by Crippen LogP contribution is -2.41. The van der Waals surface area contributed by atoms with Crippen molar-refractivity contribution in [2.75, 3.05) is 17.7 Å². The van der Waals surface area contributed by atoms with Crippen molar-refractivity contribution in [3.8, 4) is 0 Å². The van der Waals surface area contributed by atoms with E-state index in [9.17, 15) is 4.79 Å². The van der Waals surface area contributed by atoms with Gasteiger partial charge in [0.05, 0.1) is 6.20 Å². The number of nitrogens with zero attached hydrogens (tertiary/aromatic N) is 2. The highest BCUT2D eigenvalue weighted by atomic mass is 35.5. The third-order valence-electron chi connectivity index (χ3n) is 2.15. The van der Waals surface area contributed by atoms with E-state index in [4.69, 9.17) is 11.6 Å². The number of hydrogen-bond donors (Lipinski definition) is 3. The van der Waals surface area contributed by atoms with E-state index in [1.54, 1.807) is 14.0 Å². The number of amides is 1. The van der Waals surface area contributed by atoms with E-state index in [1.807, 2.05) is 13.8 Å². The molecule has 0 aliphatic carbocycles. The molecule has 0 spiro atoms. The summed E-state index contributed by atoms with van der Waals surface area (Å²) >= 11 is 5.96. The first kappa shape index (κ1) is 14.5. The van der Waals surface area contributed by atoms with Gasteiger partial charge in [-0.05, 0) is 20.8 Å². The van der Waals surface area contributed by atoms with Crippen LogP contribution >= 0.6 is 11.6 Å². The van der Waals surface area contributed by atoms with Crippen molar-refractivity contribution in [2.24, 2.45) is 0 Å². The molecule has 0 aromatic carbocycles. The molecule has 0 saturated heterocycles. The molecule has 0 radical (unpaired) electrons. The highest BCUT2D eigenvalue weighted by molar-refractivity contribution is 6.32. The van der Waals surface area contributed by atoms with Crippen LogP contribution in [-0.2, 0) is 4.79 Å². The molecule has 1 aromatic heterocycles. The van der Waals surface area contributed by atoms with Crippen LogP contribution in [0.25, 0.3) is 0 Å². The number of nitrogens with one attached hydrogen (secondary N) is 3. The molecule has 3 N–H and O–H groups in total. The summed E-state index contributed by atoms with van der Waals surface area (Å²) in [4.78, 5) is 19.9.